The van der Waals surface area contributed by atoms with Gasteiger partial charge in [0.25, 0.3) is 0 Å². The maximum absolute atomic E-state index is 5.10. The van der Waals surface area contributed by atoms with Gasteiger partial charge in [0.1, 0.15) is 0 Å². The van der Waals surface area contributed by atoms with Crippen LogP contribution < -0.4 is 20.1 Å². The number of rotatable bonds is 6. The zero-order chi connectivity index (χ0) is 13.5. The predicted octanol–water partition coefficient (Wildman–Crippen LogP) is 1.22. The fourth-order valence-electron chi connectivity index (χ4n) is 1.92. The summed E-state index contributed by atoms with van der Waals surface area (Å²) in [4.78, 5) is 8.45. The Morgan fingerprint density at radius 3 is 2.58 bits per heavy atom. The number of nitrogens with zero attached hydrogens (tertiary/aromatic N) is 2. The lowest BCUT2D eigenvalue weighted by atomic mass is 10.1. The zero-order valence-corrected chi connectivity index (χ0v) is 11.4. The second-order valence-corrected chi connectivity index (χ2v) is 4.27. The Labute approximate surface area is 113 Å². The number of anilines is 1. The highest BCUT2D eigenvalue weighted by atomic mass is 16.5. The maximum atomic E-state index is 5.10. The Morgan fingerprint density at radius 2 is 2.00 bits per heavy atom. The lowest BCUT2D eigenvalue weighted by Gasteiger charge is -2.14. The molecule has 2 N–H and O–H groups in total. The third-order valence-electron chi connectivity index (χ3n) is 2.98. The number of nitrogens with one attached hydrogen (secondary N) is 2. The molecule has 2 rings (SSSR count). The third kappa shape index (κ3) is 4.10. The van der Waals surface area contributed by atoms with E-state index < -0.39 is 0 Å². The highest BCUT2D eigenvalue weighted by molar-refractivity contribution is 5.33. The summed E-state index contributed by atoms with van der Waals surface area (Å²) in [5.41, 5.74) is 1.47. The monoisotopic (exact) mass is 264 g/mol. The fourth-order valence-corrected chi connectivity index (χ4v) is 1.92. The number of hydrogen-bond donors (Lipinski definition) is 2. The fraction of sp³-hybridized carbons (Fsp3) is 0.538. The Balaban J connectivity index is 1.89. The number of hydrogen-bond acceptors (Lipinski definition) is 6. The molecule has 0 aliphatic carbocycles. The first kappa shape index (κ1) is 13.6. The van der Waals surface area contributed by atoms with E-state index in [4.69, 9.17) is 9.47 Å². The summed E-state index contributed by atoms with van der Waals surface area (Å²) in [5.74, 6) is 1.52. The molecule has 1 aromatic rings. The average molecular weight is 264 g/mol. The van der Waals surface area contributed by atoms with Crippen LogP contribution in [0.15, 0.2) is 17.7 Å². The highest BCUT2D eigenvalue weighted by Crippen LogP contribution is 2.17. The standard InChI is InChI=1S/C13H20N4O2/c1-18-11-9-12(19-2)17-13(16-11)15-8-5-10-3-6-14-7-4-10/h3,9,14H,4-8H2,1-2H3,(H,15,16,17). The van der Waals surface area contributed by atoms with Gasteiger partial charge in [0.2, 0.25) is 17.7 Å². The van der Waals surface area contributed by atoms with Gasteiger partial charge >= 0.3 is 0 Å². The van der Waals surface area contributed by atoms with Gasteiger partial charge in [-0.15, -0.1) is 0 Å². The Morgan fingerprint density at radius 1 is 1.26 bits per heavy atom. The molecule has 0 amide bonds. The minimum Gasteiger partial charge on any atom is -0.481 e. The molecular formula is C13H20N4O2. The van der Waals surface area contributed by atoms with Crippen molar-refractivity contribution in [3.8, 4) is 11.8 Å². The lowest BCUT2D eigenvalue weighted by molar-refractivity contribution is 0.373. The molecule has 2 heterocycles. The van der Waals surface area contributed by atoms with Crippen LogP contribution in [0, 0.1) is 0 Å². The van der Waals surface area contributed by atoms with E-state index in [0.717, 1.165) is 32.5 Å². The van der Waals surface area contributed by atoms with Crippen LogP contribution in [-0.4, -0.2) is 43.8 Å². The Hall–Kier alpha value is -1.82. The van der Waals surface area contributed by atoms with Gasteiger partial charge in [-0.1, -0.05) is 11.6 Å². The van der Waals surface area contributed by atoms with Crippen molar-refractivity contribution in [1.29, 1.82) is 0 Å². The van der Waals surface area contributed by atoms with Gasteiger partial charge in [0.15, 0.2) is 0 Å². The first-order valence-corrected chi connectivity index (χ1v) is 6.41. The van der Waals surface area contributed by atoms with E-state index in [-0.39, 0.29) is 0 Å². The molecular weight excluding hydrogens is 244 g/mol. The molecule has 0 aromatic carbocycles. The topological polar surface area (TPSA) is 68.3 Å². The molecule has 0 radical (unpaired) electrons. The summed E-state index contributed by atoms with van der Waals surface area (Å²) in [6.45, 7) is 2.84. The molecule has 0 saturated heterocycles. The predicted molar refractivity (Wildman–Crippen MR) is 73.8 cm³/mol. The largest absolute Gasteiger partial charge is 0.481 e. The molecule has 0 unspecified atom stereocenters. The van der Waals surface area contributed by atoms with Crippen molar-refractivity contribution < 1.29 is 9.47 Å². The number of aromatic nitrogens is 2. The van der Waals surface area contributed by atoms with Gasteiger partial charge < -0.3 is 20.1 Å². The van der Waals surface area contributed by atoms with Crippen LogP contribution in [0.3, 0.4) is 0 Å². The molecule has 1 aliphatic rings. The SMILES string of the molecule is COc1cc(OC)nc(NCCC2=CCNCC2)n1. The molecule has 1 aliphatic heterocycles. The maximum Gasteiger partial charge on any atom is 0.229 e. The molecule has 0 atom stereocenters. The average Bonchev–Trinajstić information content (AvgIpc) is 2.48. The van der Waals surface area contributed by atoms with E-state index in [1.54, 1.807) is 20.3 Å². The van der Waals surface area contributed by atoms with Crippen LogP contribution in [0.4, 0.5) is 5.95 Å². The second kappa shape index (κ2) is 6.94. The van der Waals surface area contributed by atoms with Crippen LogP contribution >= 0.6 is 0 Å². The normalized spacial score (nSPS) is 14.7. The third-order valence-corrected chi connectivity index (χ3v) is 2.98. The number of ether oxygens (including phenoxy) is 2. The minimum atomic E-state index is 0.496. The van der Waals surface area contributed by atoms with Gasteiger partial charge in [-0.25, -0.2) is 0 Å². The van der Waals surface area contributed by atoms with E-state index in [1.807, 2.05) is 0 Å². The lowest BCUT2D eigenvalue weighted by Crippen LogP contribution is -2.21. The summed E-state index contributed by atoms with van der Waals surface area (Å²) in [6, 6.07) is 1.65. The first-order chi connectivity index (χ1) is 9.31. The van der Waals surface area contributed by atoms with Gasteiger partial charge in [0, 0.05) is 13.1 Å². The van der Waals surface area contributed by atoms with Crippen LogP contribution in [0.2, 0.25) is 0 Å². The molecule has 6 nitrogen and oxygen atoms in total. The van der Waals surface area contributed by atoms with Crippen LogP contribution in [-0.2, 0) is 0 Å². The van der Waals surface area contributed by atoms with E-state index in [9.17, 15) is 0 Å². The smallest absolute Gasteiger partial charge is 0.229 e. The van der Waals surface area contributed by atoms with Crippen LogP contribution in [0.25, 0.3) is 0 Å². The molecule has 19 heavy (non-hydrogen) atoms. The van der Waals surface area contributed by atoms with Gasteiger partial charge in [-0.3, -0.25) is 0 Å². The molecule has 104 valence electrons. The Kier molecular flexibility index (Phi) is 4.97. The van der Waals surface area contributed by atoms with Crippen LogP contribution in [0.1, 0.15) is 12.8 Å². The Bertz CT molecular complexity index is 426. The van der Waals surface area contributed by atoms with Crippen molar-refractivity contribution in [2.24, 2.45) is 0 Å². The molecule has 0 spiro atoms. The molecule has 1 aromatic heterocycles. The van der Waals surface area contributed by atoms with Crippen molar-refractivity contribution in [2.75, 3.05) is 39.2 Å². The van der Waals surface area contributed by atoms with E-state index in [0.29, 0.717) is 17.7 Å². The summed E-state index contributed by atoms with van der Waals surface area (Å²) in [6.07, 6.45) is 4.37. The van der Waals surface area contributed by atoms with Crippen molar-refractivity contribution in [3.05, 3.63) is 17.7 Å². The van der Waals surface area contributed by atoms with E-state index in [1.165, 1.54) is 5.57 Å². The van der Waals surface area contributed by atoms with E-state index in [2.05, 4.69) is 26.7 Å². The summed E-state index contributed by atoms with van der Waals surface area (Å²) >= 11 is 0. The zero-order valence-electron chi connectivity index (χ0n) is 11.4. The summed E-state index contributed by atoms with van der Waals surface area (Å²) in [5, 5.41) is 6.50. The number of methoxy groups -OCH3 is 2. The van der Waals surface area contributed by atoms with Crippen molar-refractivity contribution >= 4 is 5.95 Å². The molecule has 0 saturated carbocycles. The first-order valence-electron chi connectivity index (χ1n) is 6.41. The molecule has 0 bridgehead atoms. The highest BCUT2D eigenvalue weighted by Gasteiger charge is 2.06. The van der Waals surface area contributed by atoms with Crippen molar-refractivity contribution in [1.82, 2.24) is 15.3 Å². The van der Waals surface area contributed by atoms with Gasteiger partial charge in [-0.2, -0.15) is 9.97 Å². The quantitative estimate of drug-likeness (QED) is 0.753. The van der Waals surface area contributed by atoms with Crippen molar-refractivity contribution in [2.45, 2.75) is 12.8 Å². The minimum absolute atomic E-state index is 0.496. The van der Waals surface area contributed by atoms with Crippen LogP contribution in [0.5, 0.6) is 11.8 Å². The van der Waals surface area contributed by atoms with Crippen molar-refractivity contribution in [3.63, 3.8) is 0 Å². The summed E-state index contributed by atoms with van der Waals surface area (Å²) in [7, 11) is 3.15. The van der Waals surface area contributed by atoms with E-state index >= 15 is 0 Å². The van der Waals surface area contributed by atoms with Gasteiger partial charge in [-0.05, 0) is 19.4 Å². The summed E-state index contributed by atoms with van der Waals surface area (Å²) < 4.78 is 10.2. The molecule has 0 fully saturated rings. The molecule has 6 heteroatoms. The van der Waals surface area contributed by atoms with Gasteiger partial charge in [0.05, 0.1) is 20.3 Å². The second-order valence-electron chi connectivity index (χ2n) is 4.27.